The fraction of sp³-hybridized carbons (Fsp3) is 1.00. The largest absolute Gasteiger partial charge is 0.384 e. The third-order valence-corrected chi connectivity index (χ3v) is 4.71. The Balaban J connectivity index is 2.01. The average Bonchev–Trinajstić information content (AvgIpc) is 2.60. The molecule has 2 fully saturated rings. The molecule has 0 aromatic carbocycles. The molecule has 2 rings (SSSR count). The van der Waals surface area contributed by atoms with E-state index in [9.17, 15) is 0 Å². The fourth-order valence-corrected chi connectivity index (χ4v) is 3.47. The van der Waals surface area contributed by atoms with Crippen molar-refractivity contribution < 1.29 is 4.74 Å². The molecule has 0 aromatic rings. The van der Waals surface area contributed by atoms with Crippen LogP contribution in [0.5, 0.6) is 0 Å². The lowest BCUT2D eigenvalue weighted by molar-refractivity contribution is 0.00629. The molecule has 3 nitrogen and oxygen atoms in total. The first-order chi connectivity index (χ1) is 8.08. The van der Waals surface area contributed by atoms with Crippen LogP contribution in [0.4, 0.5) is 0 Å². The molecule has 0 bridgehead atoms. The van der Waals surface area contributed by atoms with E-state index in [1.807, 2.05) is 7.11 Å². The standard InChI is InChI=1S/C14H28N2O/c1-13(2)5-4-10-16(13)11-14(12-17-3)6-8-15-9-7-14/h15H,4-12H2,1-3H3. The third-order valence-electron chi connectivity index (χ3n) is 4.71. The summed E-state index contributed by atoms with van der Waals surface area (Å²) in [7, 11) is 1.85. The van der Waals surface area contributed by atoms with Crippen molar-refractivity contribution in [1.82, 2.24) is 10.2 Å². The molecule has 0 amide bonds. The number of hydrogen-bond acceptors (Lipinski definition) is 3. The van der Waals surface area contributed by atoms with Crippen LogP contribution in [0.3, 0.4) is 0 Å². The summed E-state index contributed by atoms with van der Waals surface area (Å²) < 4.78 is 5.51. The predicted octanol–water partition coefficient (Wildman–Crippen LogP) is 1.88. The lowest BCUT2D eigenvalue weighted by atomic mass is 9.78. The van der Waals surface area contributed by atoms with Gasteiger partial charge >= 0.3 is 0 Å². The Kier molecular flexibility index (Phi) is 4.11. The molecule has 100 valence electrons. The van der Waals surface area contributed by atoms with Crippen LogP contribution in [0.2, 0.25) is 0 Å². The summed E-state index contributed by atoms with van der Waals surface area (Å²) >= 11 is 0. The molecular formula is C14H28N2O. The van der Waals surface area contributed by atoms with Crippen LogP contribution in [-0.4, -0.2) is 50.3 Å². The van der Waals surface area contributed by atoms with Gasteiger partial charge < -0.3 is 10.1 Å². The van der Waals surface area contributed by atoms with Crippen molar-refractivity contribution in [2.24, 2.45) is 5.41 Å². The highest BCUT2D eigenvalue weighted by Gasteiger charge is 2.40. The summed E-state index contributed by atoms with van der Waals surface area (Å²) in [6.07, 6.45) is 5.21. The molecule has 2 heterocycles. The molecule has 2 saturated heterocycles. The maximum absolute atomic E-state index is 5.51. The van der Waals surface area contributed by atoms with E-state index in [0.717, 1.165) is 19.7 Å². The zero-order valence-corrected chi connectivity index (χ0v) is 11.7. The normalized spacial score (nSPS) is 28.4. The number of nitrogens with one attached hydrogen (secondary N) is 1. The van der Waals surface area contributed by atoms with E-state index in [-0.39, 0.29) is 0 Å². The minimum Gasteiger partial charge on any atom is -0.384 e. The molecule has 0 saturated carbocycles. The van der Waals surface area contributed by atoms with Gasteiger partial charge in [-0.25, -0.2) is 0 Å². The number of ether oxygens (including phenoxy) is 1. The zero-order chi connectivity index (χ0) is 12.4. The SMILES string of the molecule is COCC1(CN2CCCC2(C)C)CCNCC1. The number of piperidine rings is 1. The van der Waals surface area contributed by atoms with Crippen molar-refractivity contribution in [3.63, 3.8) is 0 Å². The van der Waals surface area contributed by atoms with Crippen LogP contribution in [0, 0.1) is 5.41 Å². The van der Waals surface area contributed by atoms with Crippen molar-refractivity contribution in [2.45, 2.75) is 45.1 Å². The molecule has 2 aliphatic rings. The van der Waals surface area contributed by atoms with Crippen molar-refractivity contribution in [1.29, 1.82) is 0 Å². The van der Waals surface area contributed by atoms with Gasteiger partial charge in [0.2, 0.25) is 0 Å². The van der Waals surface area contributed by atoms with E-state index >= 15 is 0 Å². The highest BCUT2D eigenvalue weighted by Crippen LogP contribution is 2.36. The molecule has 0 spiro atoms. The van der Waals surface area contributed by atoms with E-state index in [1.165, 1.54) is 38.8 Å². The van der Waals surface area contributed by atoms with Crippen molar-refractivity contribution in [3.05, 3.63) is 0 Å². The van der Waals surface area contributed by atoms with E-state index in [4.69, 9.17) is 4.74 Å². The van der Waals surface area contributed by atoms with E-state index in [0.29, 0.717) is 11.0 Å². The second-order valence-electron chi connectivity index (χ2n) is 6.52. The first kappa shape index (κ1) is 13.3. The molecule has 1 N–H and O–H groups in total. The first-order valence-corrected chi connectivity index (χ1v) is 7.03. The monoisotopic (exact) mass is 240 g/mol. The van der Waals surface area contributed by atoms with Crippen molar-refractivity contribution >= 4 is 0 Å². The Labute approximate surface area is 106 Å². The van der Waals surface area contributed by atoms with Gasteiger partial charge in [0.1, 0.15) is 0 Å². The fourth-order valence-electron chi connectivity index (χ4n) is 3.47. The molecule has 2 aliphatic heterocycles. The van der Waals surface area contributed by atoms with Crippen LogP contribution in [0.1, 0.15) is 39.5 Å². The maximum Gasteiger partial charge on any atom is 0.0531 e. The van der Waals surface area contributed by atoms with Crippen LogP contribution >= 0.6 is 0 Å². The van der Waals surface area contributed by atoms with E-state index < -0.39 is 0 Å². The summed E-state index contributed by atoms with van der Waals surface area (Å²) in [6.45, 7) is 10.5. The van der Waals surface area contributed by atoms with Gasteiger partial charge in [0.15, 0.2) is 0 Å². The zero-order valence-electron chi connectivity index (χ0n) is 11.7. The smallest absolute Gasteiger partial charge is 0.0531 e. The topological polar surface area (TPSA) is 24.5 Å². The molecule has 17 heavy (non-hydrogen) atoms. The second kappa shape index (κ2) is 5.25. The van der Waals surface area contributed by atoms with Gasteiger partial charge in [-0.2, -0.15) is 0 Å². The quantitative estimate of drug-likeness (QED) is 0.812. The molecular weight excluding hydrogens is 212 g/mol. The van der Waals surface area contributed by atoms with Crippen LogP contribution in [0.25, 0.3) is 0 Å². The molecule has 0 radical (unpaired) electrons. The van der Waals surface area contributed by atoms with Crippen LogP contribution in [-0.2, 0) is 4.74 Å². The van der Waals surface area contributed by atoms with Crippen LogP contribution in [0.15, 0.2) is 0 Å². The minimum atomic E-state index is 0.390. The lowest BCUT2D eigenvalue weighted by Crippen LogP contribution is -2.51. The number of nitrogens with zero attached hydrogens (tertiary/aromatic N) is 1. The lowest BCUT2D eigenvalue weighted by Gasteiger charge is -2.43. The summed E-state index contributed by atoms with van der Waals surface area (Å²) in [5.74, 6) is 0. The summed E-state index contributed by atoms with van der Waals surface area (Å²) in [6, 6.07) is 0. The summed E-state index contributed by atoms with van der Waals surface area (Å²) in [4.78, 5) is 2.69. The molecule has 0 aliphatic carbocycles. The highest BCUT2D eigenvalue weighted by atomic mass is 16.5. The third kappa shape index (κ3) is 3.01. The highest BCUT2D eigenvalue weighted by molar-refractivity contribution is 4.94. The van der Waals surface area contributed by atoms with Gasteiger partial charge in [0.25, 0.3) is 0 Å². The molecule has 0 unspecified atom stereocenters. The van der Waals surface area contributed by atoms with Gasteiger partial charge in [-0.1, -0.05) is 0 Å². The van der Waals surface area contributed by atoms with Crippen molar-refractivity contribution in [3.8, 4) is 0 Å². The summed E-state index contributed by atoms with van der Waals surface area (Å²) in [5, 5.41) is 3.47. The average molecular weight is 240 g/mol. The first-order valence-electron chi connectivity index (χ1n) is 7.03. The Morgan fingerprint density at radius 3 is 2.41 bits per heavy atom. The maximum atomic E-state index is 5.51. The van der Waals surface area contributed by atoms with Gasteiger partial charge in [-0.05, 0) is 59.2 Å². The Morgan fingerprint density at radius 1 is 1.18 bits per heavy atom. The Morgan fingerprint density at radius 2 is 1.88 bits per heavy atom. The van der Waals surface area contributed by atoms with Gasteiger partial charge in [0.05, 0.1) is 6.61 Å². The Hall–Kier alpha value is -0.120. The number of rotatable bonds is 4. The Bertz CT molecular complexity index is 241. The van der Waals surface area contributed by atoms with E-state index in [2.05, 4.69) is 24.1 Å². The van der Waals surface area contributed by atoms with E-state index in [1.54, 1.807) is 0 Å². The van der Waals surface area contributed by atoms with Gasteiger partial charge in [-0.15, -0.1) is 0 Å². The van der Waals surface area contributed by atoms with Gasteiger partial charge in [0, 0.05) is 24.6 Å². The van der Waals surface area contributed by atoms with Crippen LogP contribution < -0.4 is 5.32 Å². The molecule has 0 atom stereocenters. The minimum absolute atomic E-state index is 0.390. The van der Waals surface area contributed by atoms with Gasteiger partial charge in [-0.3, -0.25) is 4.90 Å². The second-order valence-corrected chi connectivity index (χ2v) is 6.52. The van der Waals surface area contributed by atoms with Crippen molar-refractivity contribution in [2.75, 3.05) is 39.9 Å². The number of hydrogen-bond donors (Lipinski definition) is 1. The molecule has 0 aromatic heterocycles. The number of likely N-dealkylation sites (tertiary alicyclic amines) is 1. The predicted molar refractivity (Wildman–Crippen MR) is 71.3 cm³/mol. The summed E-state index contributed by atoms with van der Waals surface area (Å²) in [5.41, 5.74) is 0.785. The molecule has 3 heteroatoms. The number of methoxy groups -OCH3 is 1.